The minimum atomic E-state index is -4.35. The molecule has 166 valence electrons. The van der Waals surface area contributed by atoms with Crippen molar-refractivity contribution in [1.29, 1.82) is 0 Å². The topological polar surface area (TPSA) is 131 Å². The molecule has 28 heavy (non-hydrogen) atoms. The van der Waals surface area contributed by atoms with E-state index in [4.69, 9.17) is 19.1 Å². The Bertz CT molecular complexity index is 589. The minimum absolute atomic E-state index is 0.0753. The third-order valence-corrected chi connectivity index (χ3v) is 5.98. The Morgan fingerprint density at radius 2 is 1.64 bits per heavy atom. The monoisotopic (exact) mass is 445 g/mol. The van der Waals surface area contributed by atoms with Crippen LogP contribution < -0.4 is 0 Å². The summed E-state index contributed by atoms with van der Waals surface area (Å²) >= 11 is 0. The van der Waals surface area contributed by atoms with E-state index in [2.05, 4.69) is 13.2 Å². The van der Waals surface area contributed by atoms with Crippen LogP contribution >= 0.6 is 7.60 Å². The van der Waals surface area contributed by atoms with Gasteiger partial charge in [0.15, 0.2) is 0 Å². The SMILES string of the molecule is C=CC[N+](CC=C)(CCCS(=O)(=O)[O-])CC(O)CP(=O)(OOCC)OOCC. The lowest BCUT2D eigenvalue weighted by atomic mass is 10.2. The molecule has 0 heterocycles. The molecule has 10 nitrogen and oxygen atoms in total. The molecule has 0 radical (unpaired) electrons. The van der Waals surface area contributed by atoms with E-state index in [-0.39, 0.29) is 37.2 Å². The molecule has 0 aliphatic carbocycles. The number of quaternary nitrogens is 1. The zero-order chi connectivity index (χ0) is 21.7. The van der Waals surface area contributed by atoms with Crippen molar-refractivity contribution < 1.29 is 46.2 Å². The third kappa shape index (κ3) is 12.1. The zero-order valence-corrected chi connectivity index (χ0v) is 18.2. The predicted molar refractivity (Wildman–Crippen MR) is 103 cm³/mol. The molecule has 0 fully saturated rings. The van der Waals surface area contributed by atoms with E-state index in [0.717, 1.165) is 0 Å². The highest BCUT2D eigenvalue weighted by molar-refractivity contribution is 7.85. The molecular formula is C16H32NO9PS. The average molecular weight is 445 g/mol. The van der Waals surface area contributed by atoms with E-state index in [1.54, 1.807) is 26.0 Å². The smallest absolute Gasteiger partial charge is 0.387 e. The lowest BCUT2D eigenvalue weighted by Gasteiger charge is -2.39. The van der Waals surface area contributed by atoms with Gasteiger partial charge in [-0.1, -0.05) is 13.2 Å². The fourth-order valence-electron chi connectivity index (χ4n) is 2.72. The quantitative estimate of drug-likeness (QED) is 0.0834. The normalized spacial score (nSPS) is 14.0. The molecule has 0 aliphatic heterocycles. The summed E-state index contributed by atoms with van der Waals surface area (Å²) < 4.78 is 55.1. The van der Waals surface area contributed by atoms with Crippen molar-refractivity contribution in [2.24, 2.45) is 0 Å². The number of nitrogens with zero attached hydrogens (tertiary/aromatic N) is 1. The lowest BCUT2D eigenvalue weighted by molar-refractivity contribution is -0.919. The van der Waals surface area contributed by atoms with Crippen molar-refractivity contribution in [3.63, 3.8) is 0 Å². The Kier molecular flexibility index (Phi) is 13.3. The molecule has 0 amide bonds. The summed E-state index contributed by atoms with van der Waals surface area (Å²) in [6.07, 6.45) is 1.78. The van der Waals surface area contributed by atoms with E-state index in [1.165, 1.54) is 0 Å². The van der Waals surface area contributed by atoms with E-state index >= 15 is 0 Å². The fourth-order valence-corrected chi connectivity index (χ4v) is 4.52. The van der Waals surface area contributed by atoms with Gasteiger partial charge >= 0.3 is 7.60 Å². The maximum Gasteiger partial charge on any atom is 0.387 e. The number of hydrogen-bond acceptors (Lipinski definition) is 9. The second-order valence-electron chi connectivity index (χ2n) is 6.22. The van der Waals surface area contributed by atoms with Gasteiger partial charge < -0.3 is 14.1 Å². The van der Waals surface area contributed by atoms with Gasteiger partial charge in [0.25, 0.3) is 0 Å². The molecule has 0 saturated heterocycles. The standard InChI is InChI=1S/C16H32NO9PS/c1-5-10-17(11-6-2,12-9-13-28(20,21)22)14-16(18)15-27(19,25-23-7-3)26-24-8-4/h5-6,16,18H,1-2,7-15H2,3-4H3. The van der Waals surface area contributed by atoms with E-state index in [0.29, 0.717) is 13.1 Å². The Morgan fingerprint density at radius 3 is 2.04 bits per heavy atom. The summed E-state index contributed by atoms with van der Waals surface area (Å²) in [4.78, 5) is 9.41. The van der Waals surface area contributed by atoms with Crippen molar-refractivity contribution >= 4 is 17.7 Å². The molecule has 12 heteroatoms. The zero-order valence-electron chi connectivity index (χ0n) is 16.5. The Hall–Kier alpha value is -0.620. The highest BCUT2D eigenvalue weighted by Crippen LogP contribution is 2.49. The highest BCUT2D eigenvalue weighted by atomic mass is 32.2. The van der Waals surface area contributed by atoms with Crippen LogP contribution in [-0.4, -0.2) is 80.0 Å². The lowest BCUT2D eigenvalue weighted by Crippen LogP contribution is -2.54. The molecule has 0 aromatic carbocycles. The van der Waals surface area contributed by atoms with Crippen LogP contribution in [0.5, 0.6) is 0 Å². The van der Waals surface area contributed by atoms with Crippen LogP contribution in [0.25, 0.3) is 0 Å². The molecule has 0 spiro atoms. The average Bonchev–Trinajstić information content (AvgIpc) is 2.57. The van der Waals surface area contributed by atoms with E-state index in [1.807, 2.05) is 0 Å². The van der Waals surface area contributed by atoms with Gasteiger partial charge in [-0.15, -0.1) is 9.35 Å². The van der Waals surface area contributed by atoms with Crippen molar-refractivity contribution in [3.05, 3.63) is 25.3 Å². The number of aliphatic hydroxyl groups excluding tert-OH is 1. The van der Waals surface area contributed by atoms with Crippen LogP contribution in [0.3, 0.4) is 0 Å². The molecular weight excluding hydrogens is 413 g/mol. The summed E-state index contributed by atoms with van der Waals surface area (Å²) in [5.74, 6) is -0.517. The van der Waals surface area contributed by atoms with Crippen LogP contribution in [0.2, 0.25) is 0 Å². The molecule has 0 aromatic heterocycles. The Labute approximate surface area is 167 Å². The van der Waals surface area contributed by atoms with Crippen molar-refractivity contribution in [1.82, 2.24) is 0 Å². The summed E-state index contributed by atoms with van der Waals surface area (Å²) in [5.41, 5.74) is 0. The maximum absolute atomic E-state index is 12.7. The fraction of sp³-hybridized carbons (Fsp3) is 0.750. The van der Waals surface area contributed by atoms with Gasteiger partial charge in [-0.05, 0) is 26.0 Å². The Morgan fingerprint density at radius 1 is 1.14 bits per heavy atom. The number of hydrogen-bond donors (Lipinski definition) is 1. The summed E-state index contributed by atoms with van der Waals surface area (Å²) in [5, 5.41) is 10.5. The van der Waals surface area contributed by atoms with Crippen LogP contribution in [0, 0.1) is 0 Å². The minimum Gasteiger partial charge on any atom is -0.748 e. The first-order valence-electron chi connectivity index (χ1n) is 8.95. The molecule has 0 bridgehead atoms. The van der Waals surface area contributed by atoms with Gasteiger partial charge in [0.2, 0.25) is 0 Å². The van der Waals surface area contributed by atoms with Crippen LogP contribution in [0.1, 0.15) is 20.3 Å². The van der Waals surface area contributed by atoms with Gasteiger partial charge in [0.05, 0.1) is 49.1 Å². The van der Waals surface area contributed by atoms with Gasteiger partial charge in [-0.3, -0.25) is 4.57 Å². The first-order valence-corrected chi connectivity index (χ1v) is 12.3. The van der Waals surface area contributed by atoms with E-state index < -0.39 is 35.7 Å². The van der Waals surface area contributed by atoms with Crippen molar-refractivity contribution in [2.75, 3.05) is 51.3 Å². The summed E-state index contributed by atoms with van der Waals surface area (Å²) in [6, 6.07) is 0. The first-order chi connectivity index (χ1) is 13.1. The summed E-state index contributed by atoms with van der Waals surface area (Å²) in [7, 11) is -8.23. The number of rotatable bonds is 18. The van der Waals surface area contributed by atoms with Gasteiger partial charge in [0, 0.05) is 12.2 Å². The van der Waals surface area contributed by atoms with Gasteiger partial charge in [0.1, 0.15) is 12.6 Å². The number of aliphatic hydroxyl groups is 1. The molecule has 0 saturated carbocycles. The third-order valence-electron chi connectivity index (χ3n) is 3.66. The molecule has 0 rings (SSSR count). The van der Waals surface area contributed by atoms with Gasteiger partial charge in [-0.25, -0.2) is 18.2 Å². The van der Waals surface area contributed by atoms with Gasteiger partial charge in [-0.2, -0.15) is 0 Å². The molecule has 1 unspecified atom stereocenters. The maximum atomic E-state index is 12.7. The van der Waals surface area contributed by atoms with Crippen molar-refractivity contribution in [2.45, 2.75) is 26.4 Å². The summed E-state index contributed by atoms with van der Waals surface area (Å²) in [6.45, 7) is 12.0. The molecule has 1 atom stereocenters. The van der Waals surface area contributed by atoms with E-state index in [9.17, 15) is 22.6 Å². The molecule has 0 aromatic rings. The molecule has 1 N–H and O–H groups in total. The van der Waals surface area contributed by atoms with Crippen molar-refractivity contribution in [3.8, 4) is 0 Å². The van der Waals surface area contributed by atoms with Crippen LogP contribution in [-0.2, 0) is 33.8 Å². The Balaban J connectivity index is 5.25. The second-order valence-corrected chi connectivity index (χ2v) is 9.62. The molecule has 0 aliphatic rings. The van der Waals surface area contributed by atoms with Crippen LogP contribution in [0.4, 0.5) is 0 Å². The largest absolute Gasteiger partial charge is 0.748 e. The second kappa shape index (κ2) is 13.6. The highest BCUT2D eigenvalue weighted by Gasteiger charge is 2.36. The predicted octanol–water partition coefficient (Wildman–Crippen LogP) is 1.60. The first kappa shape index (κ1) is 27.4. The van der Waals surface area contributed by atoms with Crippen LogP contribution in [0.15, 0.2) is 25.3 Å².